The van der Waals surface area contributed by atoms with Crippen molar-refractivity contribution in [3.8, 4) is 0 Å². The zero-order chi connectivity index (χ0) is 11.5. The molecule has 0 saturated carbocycles. The summed E-state index contributed by atoms with van der Waals surface area (Å²) in [5.41, 5.74) is 5.28. The highest BCUT2D eigenvalue weighted by atomic mass is 14.7. The Morgan fingerprint density at radius 3 is 2.62 bits per heavy atom. The van der Waals surface area contributed by atoms with Crippen molar-refractivity contribution in [2.75, 3.05) is 0 Å². The van der Waals surface area contributed by atoms with Crippen LogP contribution in [0.3, 0.4) is 0 Å². The molecule has 0 aliphatic carbocycles. The minimum absolute atomic E-state index is 0.945. The second-order valence-corrected chi connectivity index (χ2v) is 4.13. The lowest BCUT2D eigenvalue weighted by molar-refractivity contribution is 0.974. The van der Waals surface area contributed by atoms with Gasteiger partial charge < -0.3 is 0 Å². The van der Waals surface area contributed by atoms with Gasteiger partial charge in [-0.25, -0.2) is 0 Å². The van der Waals surface area contributed by atoms with Gasteiger partial charge in [0.05, 0.1) is 11.0 Å². The largest absolute Gasteiger partial charge is 0.254 e. The van der Waals surface area contributed by atoms with Gasteiger partial charge in [-0.3, -0.25) is 9.97 Å². The number of nitrogens with zero attached hydrogens (tertiary/aromatic N) is 2. The summed E-state index contributed by atoms with van der Waals surface area (Å²) in [6.07, 6.45) is 5.88. The molecule has 2 aromatic heterocycles. The Kier molecular flexibility index (Phi) is 3.00. The molecule has 0 bridgehead atoms. The molecule has 0 aliphatic heterocycles. The summed E-state index contributed by atoms with van der Waals surface area (Å²) >= 11 is 0. The van der Waals surface area contributed by atoms with E-state index in [-0.39, 0.29) is 0 Å². The van der Waals surface area contributed by atoms with Crippen LogP contribution in [0.1, 0.15) is 30.9 Å². The molecule has 0 N–H and O–H groups in total. The summed E-state index contributed by atoms with van der Waals surface area (Å²) in [5, 5.41) is 0. The SMILES string of the molecule is C=C(CCC)c1cnc2cc(C)cnc2c1. The predicted octanol–water partition coefficient (Wildman–Crippen LogP) is 3.75. The van der Waals surface area contributed by atoms with Gasteiger partial charge in [-0.15, -0.1) is 0 Å². The summed E-state index contributed by atoms with van der Waals surface area (Å²) in [6, 6.07) is 4.12. The molecule has 0 unspecified atom stereocenters. The van der Waals surface area contributed by atoms with Crippen molar-refractivity contribution < 1.29 is 0 Å². The molecule has 0 atom stereocenters. The van der Waals surface area contributed by atoms with E-state index in [1.807, 2.05) is 19.3 Å². The molecule has 0 aliphatic rings. The second-order valence-electron chi connectivity index (χ2n) is 4.13. The average Bonchev–Trinajstić information content (AvgIpc) is 2.28. The number of hydrogen-bond donors (Lipinski definition) is 0. The van der Waals surface area contributed by atoms with Gasteiger partial charge in [-0.2, -0.15) is 0 Å². The smallest absolute Gasteiger partial charge is 0.0892 e. The zero-order valence-corrected chi connectivity index (χ0v) is 9.83. The van der Waals surface area contributed by atoms with Gasteiger partial charge in [0.25, 0.3) is 0 Å². The molecule has 2 heteroatoms. The summed E-state index contributed by atoms with van der Waals surface area (Å²) in [4.78, 5) is 8.80. The maximum absolute atomic E-state index is 4.42. The van der Waals surface area contributed by atoms with Crippen LogP contribution in [0.2, 0.25) is 0 Å². The van der Waals surface area contributed by atoms with Crippen molar-refractivity contribution >= 4 is 16.6 Å². The third-order valence-corrected chi connectivity index (χ3v) is 2.63. The molecule has 0 fully saturated rings. The fourth-order valence-electron chi connectivity index (χ4n) is 1.74. The molecule has 0 aromatic carbocycles. The Hall–Kier alpha value is -1.70. The number of aromatic nitrogens is 2. The number of allylic oxidation sites excluding steroid dienone is 1. The van der Waals surface area contributed by atoms with E-state index in [1.54, 1.807) is 0 Å². The van der Waals surface area contributed by atoms with Crippen LogP contribution in [0.4, 0.5) is 0 Å². The van der Waals surface area contributed by atoms with Crippen molar-refractivity contribution in [2.24, 2.45) is 0 Å². The van der Waals surface area contributed by atoms with E-state index in [4.69, 9.17) is 0 Å². The third kappa shape index (κ3) is 2.11. The van der Waals surface area contributed by atoms with Crippen LogP contribution >= 0.6 is 0 Å². The Balaban J connectivity index is 2.44. The zero-order valence-electron chi connectivity index (χ0n) is 9.83. The first-order valence-corrected chi connectivity index (χ1v) is 5.61. The molecule has 2 heterocycles. The summed E-state index contributed by atoms with van der Waals surface area (Å²) in [6.45, 7) is 8.25. The summed E-state index contributed by atoms with van der Waals surface area (Å²) in [7, 11) is 0. The number of hydrogen-bond acceptors (Lipinski definition) is 2. The van der Waals surface area contributed by atoms with Gasteiger partial charge in [-0.1, -0.05) is 19.9 Å². The van der Waals surface area contributed by atoms with E-state index in [0.717, 1.165) is 40.6 Å². The molecule has 2 aromatic rings. The Morgan fingerprint density at radius 1 is 1.19 bits per heavy atom. The molecule has 2 nitrogen and oxygen atoms in total. The van der Waals surface area contributed by atoms with Gasteiger partial charge >= 0.3 is 0 Å². The van der Waals surface area contributed by atoms with Crippen LogP contribution in [-0.2, 0) is 0 Å². The van der Waals surface area contributed by atoms with Gasteiger partial charge in [0.2, 0.25) is 0 Å². The highest BCUT2D eigenvalue weighted by molar-refractivity contribution is 5.79. The van der Waals surface area contributed by atoms with E-state index in [9.17, 15) is 0 Å². The lowest BCUT2D eigenvalue weighted by Gasteiger charge is -2.05. The highest BCUT2D eigenvalue weighted by Gasteiger charge is 2.02. The monoisotopic (exact) mass is 212 g/mol. The molecule has 0 radical (unpaired) electrons. The number of rotatable bonds is 3. The molecular weight excluding hydrogens is 196 g/mol. The predicted molar refractivity (Wildman–Crippen MR) is 68.2 cm³/mol. The number of fused-ring (bicyclic) bond motifs is 1. The number of pyridine rings is 2. The first-order chi connectivity index (χ1) is 7.70. The molecule has 0 amide bonds. The van der Waals surface area contributed by atoms with Gasteiger partial charge in [0, 0.05) is 12.4 Å². The van der Waals surface area contributed by atoms with Gasteiger partial charge in [0.15, 0.2) is 0 Å². The van der Waals surface area contributed by atoms with E-state index >= 15 is 0 Å². The van der Waals surface area contributed by atoms with E-state index < -0.39 is 0 Å². The lowest BCUT2D eigenvalue weighted by Crippen LogP contribution is -1.89. The summed E-state index contributed by atoms with van der Waals surface area (Å²) < 4.78 is 0. The van der Waals surface area contributed by atoms with Crippen LogP contribution < -0.4 is 0 Å². The fourth-order valence-corrected chi connectivity index (χ4v) is 1.74. The van der Waals surface area contributed by atoms with Crippen molar-refractivity contribution in [2.45, 2.75) is 26.7 Å². The maximum atomic E-state index is 4.42. The molecule has 2 rings (SSSR count). The van der Waals surface area contributed by atoms with Crippen molar-refractivity contribution in [1.29, 1.82) is 0 Å². The van der Waals surface area contributed by atoms with Crippen LogP contribution in [0, 0.1) is 6.92 Å². The second kappa shape index (κ2) is 4.44. The Morgan fingerprint density at radius 2 is 1.88 bits per heavy atom. The fraction of sp³-hybridized carbons (Fsp3) is 0.286. The standard InChI is InChI=1S/C14H16N2/c1-4-5-11(3)12-7-14-13(16-9-12)6-10(2)8-15-14/h6-9H,3-5H2,1-2H3. The molecule has 16 heavy (non-hydrogen) atoms. The van der Waals surface area contributed by atoms with Crippen molar-refractivity contribution in [3.05, 3.63) is 42.2 Å². The van der Waals surface area contributed by atoms with Crippen molar-refractivity contribution in [3.63, 3.8) is 0 Å². The Labute approximate surface area is 96.1 Å². The molecule has 0 spiro atoms. The van der Waals surface area contributed by atoms with Gasteiger partial charge in [-0.05, 0) is 42.2 Å². The van der Waals surface area contributed by atoms with E-state index in [1.165, 1.54) is 0 Å². The minimum Gasteiger partial charge on any atom is -0.254 e. The third-order valence-electron chi connectivity index (χ3n) is 2.63. The van der Waals surface area contributed by atoms with Gasteiger partial charge in [0.1, 0.15) is 0 Å². The van der Waals surface area contributed by atoms with E-state index in [0.29, 0.717) is 0 Å². The highest BCUT2D eigenvalue weighted by Crippen LogP contribution is 2.20. The first-order valence-electron chi connectivity index (χ1n) is 5.61. The van der Waals surface area contributed by atoms with Crippen LogP contribution in [0.25, 0.3) is 16.6 Å². The molecule has 0 saturated heterocycles. The normalized spacial score (nSPS) is 10.6. The Bertz CT molecular complexity index is 529. The molecular formula is C14H16N2. The number of aryl methyl sites for hydroxylation is 1. The maximum Gasteiger partial charge on any atom is 0.0892 e. The summed E-state index contributed by atoms with van der Waals surface area (Å²) in [5.74, 6) is 0. The van der Waals surface area contributed by atoms with E-state index in [2.05, 4.69) is 35.6 Å². The van der Waals surface area contributed by atoms with Crippen molar-refractivity contribution in [1.82, 2.24) is 9.97 Å². The molecule has 82 valence electrons. The average molecular weight is 212 g/mol. The topological polar surface area (TPSA) is 25.8 Å². The van der Waals surface area contributed by atoms with Crippen LogP contribution in [0.5, 0.6) is 0 Å². The lowest BCUT2D eigenvalue weighted by atomic mass is 10.0. The van der Waals surface area contributed by atoms with Crippen LogP contribution in [0.15, 0.2) is 31.1 Å². The quantitative estimate of drug-likeness (QED) is 0.774. The van der Waals surface area contributed by atoms with Crippen LogP contribution in [-0.4, -0.2) is 9.97 Å². The minimum atomic E-state index is 0.945. The first kappa shape index (κ1) is 10.8.